The number of aliphatic imine (C=N–C) groups is 1. The number of amidine groups is 1. The molecular weight excluding hydrogens is 516 g/mol. The SMILES string of the molecule is CCOC(=O)C(CC)c1csc(C2=NC(c3ccccc3[N+](=O)[O-])C(C(=O)O)=C(CBr)N2)n1. The van der Waals surface area contributed by atoms with Gasteiger partial charge >= 0.3 is 11.9 Å². The summed E-state index contributed by atoms with van der Waals surface area (Å²) in [4.78, 5) is 44.4. The first kappa shape index (κ1) is 24.5. The van der Waals surface area contributed by atoms with Crippen molar-refractivity contribution in [1.29, 1.82) is 0 Å². The van der Waals surface area contributed by atoms with Crippen LogP contribution in [0.4, 0.5) is 5.69 Å². The summed E-state index contributed by atoms with van der Waals surface area (Å²) in [7, 11) is 0. The molecule has 12 heteroatoms. The summed E-state index contributed by atoms with van der Waals surface area (Å²) in [5.41, 5.74) is 0.668. The molecule has 1 aliphatic heterocycles. The third-order valence-corrected chi connectivity index (χ3v) is 6.41. The lowest BCUT2D eigenvalue weighted by Gasteiger charge is -2.25. The number of halogens is 1. The smallest absolute Gasteiger partial charge is 0.335 e. The fraction of sp³-hybridized carbons (Fsp3) is 0.333. The van der Waals surface area contributed by atoms with Crippen molar-refractivity contribution >= 4 is 50.7 Å². The zero-order valence-electron chi connectivity index (χ0n) is 17.8. The number of para-hydroxylation sites is 1. The van der Waals surface area contributed by atoms with E-state index in [1.54, 1.807) is 18.4 Å². The van der Waals surface area contributed by atoms with Crippen molar-refractivity contribution in [1.82, 2.24) is 10.3 Å². The Hall–Kier alpha value is -3.12. The Bertz CT molecular complexity index is 1150. The number of carboxylic acids is 1. The monoisotopic (exact) mass is 536 g/mol. The van der Waals surface area contributed by atoms with Gasteiger partial charge in [-0.1, -0.05) is 35.0 Å². The van der Waals surface area contributed by atoms with Crippen LogP contribution in [0.25, 0.3) is 0 Å². The van der Waals surface area contributed by atoms with Gasteiger partial charge in [-0.3, -0.25) is 19.9 Å². The molecule has 0 amide bonds. The van der Waals surface area contributed by atoms with Crippen LogP contribution in [0, 0.1) is 10.1 Å². The number of hydrogen-bond donors (Lipinski definition) is 2. The van der Waals surface area contributed by atoms with Gasteiger partial charge in [-0.05, 0) is 19.4 Å². The number of aromatic nitrogens is 1. The largest absolute Gasteiger partial charge is 0.478 e. The first-order chi connectivity index (χ1) is 15.8. The maximum absolute atomic E-state index is 12.3. The molecule has 3 rings (SSSR count). The molecule has 10 nitrogen and oxygen atoms in total. The maximum Gasteiger partial charge on any atom is 0.335 e. The summed E-state index contributed by atoms with van der Waals surface area (Å²) in [6.45, 7) is 3.84. The number of ether oxygens (including phenoxy) is 1. The van der Waals surface area contributed by atoms with Crippen LogP contribution in [0.5, 0.6) is 0 Å². The number of carbonyl (C=O) groups excluding carboxylic acids is 1. The molecule has 0 saturated carbocycles. The standard InChI is InChI=1S/C21H21BrN4O6S/c1-3-11(21(29)32-4-2)14-10-33-19(24-14)18-23-13(9-22)16(20(27)28)17(25-18)12-7-5-6-8-15(12)26(30)31/h5-8,10-11,17H,3-4,9H2,1-2H3,(H,23,25)(H,27,28). The second-order valence-electron chi connectivity index (χ2n) is 6.94. The summed E-state index contributed by atoms with van der Waals surface area (Å²) in [5.74, 6) is -1.88. The normalized spacial score (nSPS) is 16.6. The van der Waals surface area contributed by atoms with Crippen molar-refractivity contribution < 1.29 is 24.4 Å². The molecule has 0 aliphatic carbocycles. The van der Waals surface area contributed by atoms with Crippen molar-refractivity contribution in [3.8, 4) is 0 Å². The van der Waals surface area contributed by atoms with E-state index in [0.29, 0.717) is 22.8 Å². The molecule has 1 aromatic carbocycles. The van der Waals surface area contributed by atoms with E-state index in [4.69, 9.17) is 4.74 Å². The number of nitro benzene ring substituents is 1. The highest BCUT2D eigenvalue weighted by molar-refractivity contribution is 9.09. The number of thiazole rings is 1. The predicted octanol–water partition coefficient (Wildman–Crippen LogP) is 3.93. The molecule has 2 aromatic rings. The van der Waals surface area contributed by atoms with Crippen LogP contribution in [0.3, 0.4) is 0 Å². The maximum atomic E-state index is 12.3. The highest BCUT2D eigenvalue weighted by Gasteiger charge is 2.35. The number of rotatable bonds is 9. The molecule has 0 fully saturated rings. The van der Waals surface area contributed by atoms with Gasteiger partial charge in [-0.25, -0.2) is 9.78 Å². The topological polar surface area (TPSA) is 144 Å². The summed E-state index contributed by atoms with van der Waals surface area (Å²) in [6, 6.07) is 4.79. The lowest BCUT2D eigenvalue weighted by Crippen LogP contribution is -2.34. The van der Waals surface area contributed by atoms with Crippen molar-refractivity contribution in [3.05, 3.63) is 67.3 Å². The Morgan fingerprint density at radius 2 is 2.09 bits per heavy atom. The fourth-order valence-corrected chi connectivity index (χ4v) is 4.73. The van der Waals surface area contributed by atoms with E-state index in [9.17, 15) is 24.8 Å². The molecule has 0 saturated heterocycles. The van der Waals surface area contributed by atoms with Crippen LogP contribution < -0.4 is 5.32 Å². The molecule has 2 atom stereocenters. The van der Waals surface area contributed by atoms with Gasteiger partial charge in [-0.15, -0.1) is 11.3 Å². The highest BCUT2D eigenvalue weighted by Crippen LogP contribution is 2.37. The molecule has 174 valence electrons. The van der Waals surface area contributed by atoms with E-state index in [0.717, 1.165) is 0 Å². The number of carboxylic acid groups (broad SMARTS) is 1. The van der Waals surface area contributed by atoms with E-state index in [1.165, 1.54) is 29.5 Å². The van der Waals surface area contributed by atoms with Crippen LogP contribution >= 0.6 is 27.3 Å². The molecule has 0 spiro atoms. The molecule has 2 heterocycles. The van der Waals surface area contributed by atoms with E-state index in [1.807, 2.05) is 6.92 Å². The minimum Gasteiger partial charge on any atom is -0.478 e. The van der Waals surface area contributed by atoms with Crippen LogP contribution in [0.1, 0.15) is 48.5 Å². The fourth-order valence-electron chi connectivity index (χ4n) is 3.47. The van der Waals surface area contributed by atoms with Crippen molar-refractivity contribution in [3.63, 3.8) is 0 Å². The van der Waals surface area contributed by atoms with Crippen LogP contribution in [0.2, 0.25) is 0 Å². The number of alkyl halides is 1. The molecule has 2 unspecified atom stereocenters. The molecule has 0 bridgehead atoms. The number of carbonyl (C=O) groups is 2. The molecule has 1 aromatic heterocycles. The Kier molecular flexibility index (Phi) is 7.92. The van der Waals surface area contributed by atoms with Gasteiger partial charge in [-0.2, -0.15) is 0 Å². The van der Waals surface area contributed by atoms with E-state index in [-0.39, 0.29) is 40.6 Å². The average molecular weight is 537 g/mol. The number of benzene rings is 1. The van der Waals surface area contributed by atoms with Crippen LogP contribution in [0.15, 0.2) is 45.9 Å². The summed E-state index contributed by atoms with van der Waals surface area (Å²) < 4.78 is 5.13. The van der Waals surface area contributed by atoms with Crippen molar-refractivity contribution in [2.75, 3.05) is 11.9 Å². The Balaban J connectivity index is 2.09. The van der Waals surface area contributed by atoms with Gasteiger partial charge in [0.1, 0.15) is 6.04 Å². The number of aliphatic carboxylic acids is 1. The summed E-state index contributed by atoms with van der Waals surface area (Å²) in [6.07, 6.45) is 0.496. The minimum atomic E-state index is -1.24. The number of nitrogens with one attached hydrogen (secondary N) is 1. The third-order valence-electron chi connectivity index (χ3n) is 4.98. The van der Waals surface area contributed by atoms with Crippen LogP contribution in [-0.2, 0) is 14.3 Å². The van der Waals surface area contributed by atoms with Gasteiger partial charge < -0.3 is 15.2 Å². The first-order valence-electron chi connectivity index (χ1n) is 10.0. The average Bonchev–Trinajstić information content (AvgIpc) is 3.28. The molecule has 33 heavy (non-hydrogen) atoms. The zero-order chi connectivity index (χ0) is 24.1. The number of allylic oxidation sites excluding steroid dienone is 1. The molecular formula is C21H21BrN4O6S. The van der Waals surface area contributed by atoms with Crippen molar-refractivity contribution in [2.45, 2.75) is 32.2 Å². The first-order valence-corrected chi connectivity index (χ1v) is 12.0. The van der Waals surface area contributed by atoms with Gasteiger partial charge in [0, 0.05) is 22.5 Å². The minimum absolute atomic E-state index is 0.0975. The van der Waals surface area contributed by atoms with Crippen molar-refractivity contribution in [2.24, 2.45) is 4.99 Å². The Labute approximate surface area is 201 Å². The molecule has 0 radical (unpaired) electrons. The predicted molar refractivity (Wildman–Crippen MR) is 126 cm³/mol. The summed E-state index contributed by atoms with van der Waals surface area (Å²) in [5, 5.41) is 26.7. The van der Waals surface area contributed by atoms with E-state index >= 15 is 0 Å². The molecule has 1 aliphatic rings. The number of hydrogen-bond acceptors (Lipinski definition) is 9. The quantitative estimate of drug-likeness (QED) is 0.212. The third kappa shape index (κ3) is 5.11. The lowest BCUT2D eigenvalue weighted by molar-refractivity contribution is -0.385. The van der Waals surface area contributed by atoms with Gasteiger partial charge in [0.2, 0.25) is 0 Å². The lowest BCUT2D eigenvalue weighted by atomic mass is 9.95. The zero-order valence-corrected chi connectivity index (χ0v) is 20.2. The van der Waals surface area contributed by atoms with E-state index in [2.05, 4.69) is 31.2 Å². The van der Waals surface area contributed by atoms with Crippen LogP contribution in [-0.4, -0.2) is 44.7 Å². The Morgan fingerprint density at radius 3 is 2.70 bits per heavy atom. The second kappa shape index (κ2) is 10.7. The van der Waals surface area contributed by atoms with Gasteiger partial charge in [0.25, 0.3) is 5.69 Å². The summed E-state index contributed by atoms with van der Waals surface area (Å²) >= 11 is 4.53. The number of esters is 1. The number of nitro groups is 1. The second-order valence-corrected chi connectivity index (χ2v) is 8.36. The van der Waals surface area contributed by atoms with Gasteiger partial charge in [0.15, 0.2) is 10.8 Å². The van der Waals surface area contributed by atoms with Gasteiger partial charge in [0.05, 0.1) is 34.3 Å². The number of nitrogens with zero attached hydrogens (tertiary/aromatic N) is 3. The molecule has 2 N–H and O–H groups in total. The Morgan fingerprint density at radius 1 is 1.36 bits per heavy atom. The van der Waals surface area contributed by atoms with E-state index < -0.39 is 22.9 Å². The highest BCUT2D eigenvalue weighted by atomic mass is 79.9.